The summed E-state index contributed by atoms with van der Waals surface area (Å²) in [5.41, 5.74) is 2.12. The Labute approximate surface area is 160 Å². The number of methoxy groups -OCH3 is 1. The number of carboxylic acid groups (broad SMARTS) is 1. The number of H-pyrrole nitrogens is 1. The highest BCUT2D eigenvalue weighted by Crippen LogP contribution is 2.46. The van der Waals surface area contributed by atoms with Crippen molar-refractivity contribution in [1.82, 2.24) is 4.98 Å². The number of hydrogen-bond acceptors (Lipinski definition) is 4. The van der Waals surface area contributed by atoms with Crippen LogP contribution in [0.15, 0.2) is 36.5 Å². The predicted octanol–water partition coefficient (Wildman–Crippen LogP) is 4.93. The van der Waals surface area contributed by atoms with E-state index in [1.807, 2.05) is 18.2 Å². The number of aromatic amines is 1. The summed E-state index contributed by atoms with van der Waals surface area (Å²) in [4.78, 5) is 13.8. The summed E-state index contributed by atoms with van der Waals surface area (Å²) < 4.78 is 10.3. The second-order valence-electron chi connectivity index (χ2n) is 6.70. The third-order valence-corrected chi connectivity index (χ3v) is 5.44. The van der Waals surface area contributed by atoms with Crippen LogP contribution in [0.5, 0.6) is 11.5 Å². The molecule has 0 bridgehead atoms. The molecule has 1 saturated carbocycles. The van der Waals surface area contributed by atoms with Crippen LogP contribution in [0, 0.1) is 0 Å². The number of fused-ring (bicyclic) bond motifs is 1. The molecule has 140 valence electrons. The third kappa shape index (κ3) is 3.01. The van der Waals surface area contributed by atoms with Crippen molar-refractivity contribution in [2.75, 3.05) is 7.11 Å². The zero-order valence-corrected chi connectivity index (χ0v) is 15.3. The van der Waals surface area contributed by atoms with Crippen molar-refractivity contribution >= 4 is 28.7 Å². The second kappa shape index (κ2) is 6.48. The molecule has 7 heteroatoms. The van der Waals surface area contributed by atoms with E-state index in [1.54, 1.807) is 19.2 Å². The van der Waals surface area contributed by atoms with E-state index in [1.165, 1.54) is 6.20 Å². The Hall–Kier alpha value is -2.70. The molecule has 1 aliphatic carbocycles. The van der Waals surface area contributed by atoms with Gasteiger partial charge in [-0.25, -0.2) is 4.79 Å². The van der Waals surface area contributed by atoms with Gasteiger partial charge in [-0.2, -0.15) is 0 Å². The van der Waals surface area contributed by atoms with E-state index in [4.69, 9.17) is 26.2 Å². The Morgan fingerprint density at radius 1 is 1.22 bits per heavy atom. The fourth-order valence-corrected chi connectivity index (χ4v) is 3.81. The van der Waals surface area contributed by atoms with Crippen LogP contribution in [0.25, 0.3) is 22.0 Å². The van der Waals surface area contributed by atoms with Gasteiger partial charge in [-0.05, 0) is 43.0 Å². The molecule has 1 aliphatic rings. The van der Waals surface area contributed by atoms with Crippen LogP contribution in [0.4, 0.5) is 4.79 Å². The van der Waals surface area contributed by atoms with Gasteiger partial charge in [-0.1, -0.05) is 23.7 Å². The number of hydrogen-bond donors (Lipinski definition) is 3. The molecule has 1 fully saturated rings. The normalized spacial score (nSPS) is 15.4. The van der Waals surface area contributed by atoms with E-state index in [-0.39, 0.29) is 5.75 Å². The van der Waals surface area contributed by atoms with Gasteiger partial charge in [0.25, 0.3) is 0 Å². The summed E-state index contributed by atoms with van der Waals surface area (Å²) >= 11 is 6.45. The molecule has 6 nitrogen and oxygen atoms in total. The smallest absolute Gasteiger partial charge is 0.496 e. The maximum Gasteiger partial charge on any atom is 0.511 e. The minimum atomic E-state index is -1.38. The summed E-state index contributed by atoms with van der Waals surface area (Å²) in [6, 6.07) is 9.08. The van der Waals surface area contributed by atoms with E-state index in [0.717, 1.165) is 17.5 Å². The fraction of sp³-hybridized carbons (Fsp3) is 0.250. The first-order valence-corrected chi connectivity index (χ1v) is 8.92. The SMILES string of the molecule is COc1cc(-c2cc3c(OC(=O)O)c[nH]c3cc2Cl)ccc1C1(O)CCC1. The maximum atomic E-state index is 10.9. The highest BCUT2D eigenvalue weighted by Gasteiger charge is 2.38. The summed E-state index contributed by atoms with van der Waals surface area (Å²) in [6.45, 7) is 0. The maximum absolute atomic E-state index is 10.9. The largest absolute Gasteiger partial charge is 0.511 e. The topological polar surface area (TPSA) is 91.8 Å². The molecule has 0 amide bonds. The molecule has 3 N–H and O–H groups in total. The number of carbonyl (C=O) groups is 1. The van der Waals surface area contributed by atoms with Crippen LogP contribution in [-0.2, 0) is 5.60 Å². The third-order valence-electron chi connectivity index (χ3n) is 5.12. The van der Waals surface area contributed by atoms with Gasteiger partial charge in [0, 0.05) is 22.7 Å². The Balaban J connectivity index is 1.81. The summed E-state index contributed by atoms with van der Waals surface area (Å²) in [6.07, 6.45) is 2.52. The van der Waals surface area contributed by atoms with E-state index in [2.05, 4.69) is 4.98 Å². The average Bonchev–Trinajstić information content (AvgIpc) is 2.99. The molecule has 0 saturated heterocycles. The van der Waals surface area contributed by atoms with Crippen molar-refractivity contribution in [1.29, 1.82) is 0 Å². The lowest BCUT2D eigenvalue weighted by molar-refractivity contribution is -0.0404. The van der Waals surface area contributed by atoms with Gasteiger partial charge in [0.2, 0.25) is 0 Å². The van der Waals surface area contributed by atoms with Crippen molar-refractivity contribution < 1.29 is 24.5 Å². The fourth-order valence-electron chi connectivity index (χ4n) is 3.54. The number of aromatic nitrogens is 1. The number of rotatable bonds is 4. The van der Waals surface area contributed by atoms with Crippen molar-refractivity contribution in [2.45, 2.75) is 24.9 Å². The first-order chi connectivity index (χ1) is 12.9. The van der Waals surface area contributed by atoms with Gasteiger partial charge in [0.1, 0.15) is 5.75 Å². The van der Waals surface area contributed by atoms with Crippen LogP contribution in [-0.4, -0.2) is 28.5 Å². The van der Waals surface area contributed by atoms with Gasteiger partial charge in [0.05, 0.1) is 23.3 Å². The molecular formula is C20H18ClNO5. The summed E-state index contributed by atoms with van der Waals surface area (Å²) in [5.74, 6) is 0.810. The molecule has 3 aromatic rings. The molecule has 0 unspecified atom stereocenters. The zero-order valence-electron chi connectivity index (χ0n) is 14.6. The van der Waals surface area contributed by atoms with Crippen LogP contribution in [0.1, 0.15) is 24.8 Å². The van der Waals surface area contributed by atoms with Crippen LogP contribution in [0.3, 0.4) is 0 Å². The lowest BCUT2D eigenvalue weighted by Gasteiger charge is -2.38. The summed E-state index contributed by atoms with van der Waals surface area (Å²) in [7, 11) is 1.57. The van der Waals surface area contributed by atoms with E-state index in [0.29, 0.717) is 40.1 Å². The minimum Gasteiger partial charge on any atom is -0.496 e. The van der Waals surface area contributed by atoms with Crippen molar-refractivity contribution in [3.8, 4) is 22.6 Å². The van der Waals surface area contributed by atoms with Crippen LogP contribution in [0.2, 0.25) is 5.02 Å². The van der Waals surface area contributed by atoms with Gasteiger partial charge in [-0.3, -0.25) is 0 Å². The highest BCUT2D eigenvalue weighted by molar-refractivity contribution is 6.34. The Morgan fingerprint density at radius 3 is 2.63 bits per heavy atom. The Morgan fingerprint density at radius 2 is 2.00 bits per heavy atom. The Bertz CT molecular complexity index is 1040. The van der Waals surface area contributed by atoms with Crippen LogP contribution < -0.4 is 9.47 Å². The first-order valence-electron chi connectivity index (χ1n) is 8.54. The molecule has 0 spiro atoms. The number of benzene rings is 2. The molecule has 4 rings (SSSR count). The number of halogens is 1. The molecule has 1 heterocycles. The van der Waals surface area contributed by atoms with E-state index >= 15 is 0 Å². The lowest BCUT2D eigenvalue weighted by atomic mass is 9.74. The zero-order chi connectivity index (χ0) is 19.2. The molecule has 0 atom stereocenters. The number of nitrogens with one attached hydrogen (secondary N) is 1. The van der Waals surface area contributed by atoms with E-state index < -0.39 is 11.8 Å². The molecule has 0 radical (unpaired) electrons. The van der Waals surface area contributed by atoms with Crippen molar-refractivity contribution in [3.63, 3.8) is 0 Å². The molecule has 27 heavy (non-hydrogen) atoms. The monoisotopic (exact) mass is 387 g/mol. The van der Waals surface area contributed by atoms with Crippen LogP contribution >= 0.6 is 11.6 Å². The standard InChI is InChI=1S/C20H18ClNO5/c1-26-17-7-11(3-4-14(17)20(25)5-2-6-20)12-8-13-16(9-15(12)21)22-10-18(13)27-19(23)24/h3-4,7-10,22,25H,2,5-6H2,1H3,(H,23,24). The van der Waals surface area contributed by atoms with Crippen molar-refractivity contribution in [3.05, 3.63) is 47.1 Å². The molecule has 0 aliphatic heterocycles. The van der Waals surface area contributed by atoms with Gasteiger partial charge >= 0.3 is 6.16 Å². The number of aliphatic hydroxyl groups is 1. The molecule has 1 aromatic heterocycles. The second-order valence-corrected chi connectivity index (χ2v) is 7.11. The Kier molecular flexibility index (Phi) is 4.25. The lowest BCUT2D eigenvalue weighted by Crippen LogP contribution is -2.33. The quantitative estimate of drug-likeness (QED) is 0.552. The van der Waals surface area contributed by atoms with Gasteiger partial charge in [-0.15, -0.1) is 0 Å². The van der Waals surface area contributed by atoms with Gasteiger partial charge in [0.15, 0.2) is 5.75 Å². The molecule has 2 aromatic carbocycles. The summed E-state index contributed by atoms with van der Waals surface area (Å²) in [5, 5.41) is 20.7. The number of ether oxygens (including phenoxy) is 2. The average molecular weight is 388 g/mol. The minimum absolute atomic E-state index is 0.211. The predicted molar refractivity (Wildman–Crippen MR) is 102 cm³/mol. The highest BCUT2D eigenvalue weighted by atomic mass is 35.5. The van der Waals surface area contributed by atoms with Crippen molar-refractivity contribution in [2.24, 2.45) is 0 Å². The van der Waals surface area contributed by atoms with E-state index in [9.17, 15) is 9.90 Å². The first kappa shape index (κ1) is 17.7. The van der Waals surface area contributed by atoms with Gasteiger partial charge < -0.3 is 24.7 Å². The molecular weight excluding hydrogens is 370 g/mol.